The molecule has 2 heterocycles. The fourth-order valence-corrected chi connectivity index (χ4v) is 1.79. The van der Waals surface area contributed by atoms with E-state index in [-0.39, 0.29) is 5.91 Å². The molecule has 0 spiro atoms. The number of hydrogen-bond acceptors (Lipinski definition) is 3. The van der Waals surface area contributed by atoms with Gasteiger partial charge in [-0.15, -0.1) is 0 Å². The van der Waals surface area contributed by atoms with E-state index >= 15 is 0 Å². The van der Waals surface area contributed by atoms with Crippen LogP contribution in [0.25, 0.3) is 0 Å². The zero-order valence-electron chi connectivity index (χ0n) is 9.32. The topological polar surface area (TPSA) is 50.2 Å². The maximum Gasteiger partial charge on any atom is 0.258 e. The summed E-state index contributed by atoms with van der Waals surface area (Å²) in [5.41, 5.74) is 0.659. The zero-order chi connectivity index (χ0) is 11.0. The predicted octanol–water partition coefficient (Wildman–Crippen LogP) is 0.961. The maximum absolute atomic E-state index is 11.8. The van der Waals surface area contributed by atoms with Crippen molar-refractivity contribution in [3.63, 3.8) is 0 Å². The van der Waals surface area contributed by atoms with E-state index in [1.54, 1.807) is 25.2 Å². The molecule has 1 aromatic heterocycles. The van der Waals surface area contributed by atoms with Crippen LogP contribution in [0.4, 0.5) is 5.82 Å². The molecule has 15 heavy (non-hydrogen) atoms. The fraction of sp³-hybridized carbons (Fsp3) is 0.600. The average molecular weight is 208 g/mol. The number of aromatic nitrogens is 2. The standard InChI is InChI=1S/C10H16N4O/c1-7-4-5-11-9-8(6-12-14(7)9)10(15)13(2)3/h6-7,11H,4-5H2,1-3H3. The van der Waals surface area contributed by atoms with Crippen LogP contribution in [0.15, 0.2) is 6.20 Å². The number of amides is 1. The Morgan fingerprint density at radius 1 is 1.67 bits per heavy atom. The van der Waals surface area contributed by atoms with Gasteiger partial charge in [0.25, 0.3) is 5.91 Å². The number of nitrogens with zero attached hydrogens (tertiary/aromatic N) is 3. The minimum absolute atomic E-state index is 0.00199. The normalized spacial score (nSPS) is 19.3. The molecule has 1 unspecified atom stereocenters. The summed E-state index contributed by atoms with van der Waals surface area (Å²) in [5, 5.41) is 7.48. The monoisotopic (exact) mass is 208 g/mol. The molecule has 0 aliphatic carbocycles. The first-order chi connectivity index (χ1) is 7.11. The molecule has 0 fully saturated rings. The van der Waals surface area contributed by atoms with Gasteiger partial charge in [0.15, 0.2) is 0 Å². The second kappa shape index (κ2) is 3.56. The summed E-state index contributed by atoms with van der Waals surface area (Å²) < 4.78 is 1.89. The van der Waals surface area contributed by atoms with Gasteiger partial charge >= 0.3 is 0 Å². The summed E-state index contributed by atoms with van der Waals surface area (Å²) in [6.45, 7) is 3.02. The lowest BCUT2D eigenvalue weighted by Gasteiger charge is -2.23. The van der Waals surface area contributed by atoms with Crippen molar-refractivity contribution in [3.8, 4) is 0 Å². The molecule has 1 N–H and O–H groups in total. The van der Waals surface area contributed by atoms with Crippen molar-refractivity contribution in [1.29, 1.82) is 0 Å². The van der Waals surface area contributed by atoms with Crippen LogP contribution < -0.4 is 5.32 Å². The Labute approximate surface area is 89.1 Å². The summed E-state index contributed by atoms with van der Waals surface area (Å²) in [5.74, 6) is 0.852. The number of carbonyl (C=O) groups excluding carboxylic acids is 1. The van der Waals surface area contributed by atoms with Gasteiger partial charge in [0.1, 0.15) is 11.4 Å². The van der Waals surface area contributed by atoms with Gasteiger partial charge in [-0.05, 0) is 13.3 Å². The number of anilines is 1. The zero-order valence-corrected chi connectivity index (χ0v) is 9.32. The van der Waals surface area contributed by atoms with E-state index in [2.05, 4.69) is 17.3 Å². The van der Waals surface area contributed by atoms with Crippen molar-refractivity contribution < 1.29 is 4.79 Å². The molecule has 82 valence electrons. The molecule has 0 radical (unpaired) electrons. The van der Waals surface area contributed by atoms with Gasteiger partial charge in [0, 0.05) is 20.6 Å². The molecule has 1 aliphatic heterocycles. The van der Waals surface area contributed by atoms with Gasteiger partial charge in [-0.2, -0.15) is 5.10 Å². The van der Waals surface area contributed by atoms with Crippen molar-refractivity contribution in [1.82, 2.24) is 14.7 Å². The van der Waals surface area contributed by atoms with Gasteiger partial charge in [0.05, 0.1) is 12.2 Å². The van der Waals surface area contributed by atoms with Gasteiger partial charge in [0.2, 0.25) is 0 Å². The van der Waals surface area contributed by atoms with Crippen LogP contribution in [0.5, 0.6) is 0 Å². The van der Waals surface area contributed by atoms with Crippen molar-refractivity contribution in [2.75, 3.05) is 26.0 Å². The second-order valence-electron chi connectivity index (χ2n) is 4.12. The summed E-state index contributed by atoms with van der Waals surface area (Å²) in [4.78, 5) is 13.4. The highest BCUT2D eigenvalue weighted by Crippen LogP contribution is 2.26. The van der Waals surface area contributed by atoms with Gasteiger partial charge in [-0.25, -0.2) is 4.68 Å². The van der Waals surface area contributed by atoms with Crippen LogP contribution >= 0.6 is 0 Å². The van der Waals surface area contributed by atoms with E-state index in [4.69, 9.17) is 0 Å². The van der Waals surface area contributed by atoms with Crippen LogP contribution in [0.1, 0.15) is 29.7 Å². The van der Waals surface area contributed by atoms with Crippen LogP contribution in [0.3, 0.4) is 0 Å². The molecular weight excluding hydrogens is 192 g/mol. The van der Waals surface area contributed by atoms with Crippen molar-refractivity contribution >= 4 is 11.7 Å². The summed E-state index contributed by atoms with van der Waals surface area (Å²) in [7, 11) is 3.50. The predicted molar refractivity (Wildman–Crippen MR) is 58.1 cm³/mol. The van der Waals surface area contributed by atoms with Crippen LogP contribution in [0.2, 0.25) is 0 Å². The lowest BCUT2D eigenvalue weighted by molar-refractivity contribution is 0.0828. The lowest BCUT2D eigenvalue weighted by Crippen LogP contribution is -2.26. The third kappa shape index (κ3) is 1.58. The van der Waals surface area contributed by atoms with Crippen molar-refractivity contribution in [3.05, 3.63) is 11.8 Å². The van der Waals surface area contributed by atoms with E-state index in [9.17, 15) is 4.79 Å². The number of hydrogen-bond donors (Lipinski definition) is 1. The van der Waals surface area contributed by atoms with Crippen LogP contribution in [0, 0.1) is 0 Å². The van der Waals surface area contributed by atoms with Gasteiger partial charge < -0.3 is 10.2 Å². The quantitative estimate of drug-likeness (QED) is 0.748. The highest BCUT2D eigenvalue weighted by atomic mass is 16.2. The fourth-order valence-electron chi connectivity index (χ4n) is 1.79. The van der Waals surface area contributed by atoms with Gasteiger partial charge in [-0.1, -0.05) is 0 Å². The molecule has 5 nitrogen and oxygen atoms in total. The highest BCUT2D eigenvalue weighted by Gasteiger charge is 2.23. The maximum atomic E-state index is 11.8. The molecule has 0 aromatic carbocycles. The first-order valence-corrected chi connectivity index (χ1v) is 5.14. The first-order valence-electron chi connectivity index (χ1n) is 5.14. The first kappa shape index (κ1) is 10.0. The molecule has 0 saturated carbocycles. The number of rotatable bonds is 1. The van der Waals surface area contributed by atoms with E-state index < -0.39 is 0 Å². The molecule has 0 saturated heterocycles. The molecule has 0 bridgehead atoms. The molecule has 5 heteroatoms. The van der Waals surface area contributed by atoms with Crippen molar-refractivity contribution in [2.45, 2.75) is 19.4 Å². The highest BCUT2D eigenvalue weighted by molar-refractivity contribution is 5.98. The SMILES string of the molecule is CC1CCNc2c(C(=O)N(C)C)cnn21. The molecule has 1 aliphatic rings. The van der Waals surface area contributed by atoms with E-state index in [0.29, 0.717) is 11.6 Å². The Hall–Kier alpha value is -1.52. The molecular formula is C10H16N4O. The van der Waals surface area contributed by atoms with Gasteiger partial charge in [-0.3, -0.25) is 4.79 Å². The number of carbonyl (C=O) groups is 1. The number of fused-ring (bicyclic) bond motifs is 1. The Morgan fingerprint density at radius 3 is 3.07 bits per heavy atom. The van der Waals surface area contributed by atoms with E-state index in [1.165, 1.54) is 0 Å². The Kier molecular flexibility index (Phi) is 2.38. The molecule has 2 rings (SSSR count). The summed E-state index contributed by atoms with van der Waals surface area (Å²) >= 11 is 0. The van der Waals surface area contributed by atoms with Crippen LogP contribution in [-0.4, -0.2) is 41.2 Å². The Bertz CT molecular complexity index is 383. The largest absolute Gasteiger partial charge is 0.370 e. The minimum atomic E-state index is -0.00199. The Balaban J connectivity index is 2.39. The van der Waals surface area contributed by atoms with Crippen LogP contribution in [-0.2, 0) is 0 Å². The minimum Gasteiger partial charge on any atom is -0.370 e. The third-order valence-corrected chi connectivity index (χ3v) is 2.70. The van der Waals surface area contributed by atoms with Crippen molar-refractivity contribution in [2.24, 2.45) is 0 Å². The summed E-state index contributed by atoms with van der Waals surface area (Å²) in [6, 6.07) is 0.366. The smallest absolute Gasteiger partial charge is 0.258 e. The third-order valence-electron chi connectivity index (χ3n) is 2.70. The number of nitrogens with one attached hydrogen (secondary N) is 1. The van der Waals surface area contributed by atoms with E-state index in [0.717, 1.165) is 18.8 Å². The summed E-state index contributed by atoms with van der Waals surface area (Å²) in [6.07, 6.45) is 2.69. The average Bonchev–Trinajstić information content (AvgIpc) is 2.61. The molecule has 1 amide bonds. The lowest BCUT2D eigenvalue weighted by atomic mass is 10.2. The molecule has 1 atom stereocenters. The molecule has 1 aromatic rings. The second-order valence-corrected chi connectivity index (χ2v) is 4.12. The Morgan fingerprint density at radius 2 is 2.40 bits per heavy atom. The van der Waals surface area contributed by atoms with E-state index in [1.807, 2.05) is 4.68 Å².